The van der Waals surface area contributed by atoms with Crippen LogP contribution in [0.3, 0.4) is 0 Å². The maximum Gasteiger partial charge on any atom is 0.490 e. The molecule has 0 aliphatic heterocycles. The Hall–Kier alpha value is -3.73. The first-order valence-electron chi connectivity index (χ1n) is 12.0. The number of carboxylic acid groups (broad SMARTS) is 2. The summed E-state index contributed by atoms with van der Waals surface area (Å²) in [5, 5.41) is 25.0. The Morgan fingerprint density at radius 3 is 2.35 bits per heavy atom. The Labute approximate surface area is 212 Å². The highest BCUT2D eigenvalue weighted by Gasteiger charge is 2.38. The van der Waals surface area contributed by atoms with E-state index in [2.05, 4.69) is 46.6 Å². The van der Waals surface area contributed by atoms with E-state index in [1.165, 1.54) is 11.1 Å². The average Bonchev–Trinajstić information content (AvgIpc) is 3.25. The van der Waals surface area contributed by atoms with Crippen LogP contribution in [0.2, 0.25) is 0 Å². The van der Waals surface area contributed by atoms with Gasteiger partial charge in [-0.1, -0.05) is 31.2 Å². The first-order chi connectivity index (χ1) is 17.6. The molecule has 0 fully saturated rings. The molecule has 1 aliphatic rings. The molecule has 1 aliphatic carbocycles. The van der Waals surface area contributed by atoms with E-state index in [9.17, 15) is 23.1 Å². The van der Waals surface area contributed by atoms with Gasteiger partial charge in [-0.2, -0.15) is 18.3 Å². The second-order valence-corrected chi connectivity index (χ2v) is 8.56. The minimum absolute atomic E-state index is 0.337. The zero-order valence-corrected chi connectivity index (χ0v) is 20.4. The summed E-state index contributed by atoms with van der Waals surface area (Å²) in [4.78, 5) is 25.0. The summed E-state index contributed by atoms with van der Waals surface area (Å²) >= 11 is 0. The van der Waals surface area contributed by atoms with E-state index in [0.29, 0.717) is 18.7 Å². The molecule has 0 bridgehead atoms. The summed E-state index contributed by atoms with van der Waals surface area (Å²) in [6.07, 6.45) is 2.92. The van der Waals surface area contributed by atoms with Crippen LogP contribution in [-0.4, -0.2) is 56.2 Å². The number of carboxylic acids is 2. The molecule has 3 aromatic rings. The summed E-state index contributed by atoms with van der Waals surface area (Å²) in [5.41, 5.74) is 6.84. The number of halogens is 3. The van der Waals surface area contributed by atoms with Crippen molar-refractivity contribution in [2.24, 2.45) is 0 Å². The number of benzene rings is 1. The standard InChI is InChI=1S/C24H28N4O2.C2HF3O2/c1-2-17-4-6-18(7-5-17)10-13-25-12-3-15-28-23(24(29)30)21-9-8-19-16-26-14-11-20(19)22(21)27-28;3-2(4,5)1(6)7/h4-7,11,14,16,25H,2-3,8-10,12-13,15H2,1H3,(H,29,30);(H,6,7). The van der Waals surface area contributed by atoms with Crippen LogP contribution in [0.4, 0.5) is 13.2 Å². The highest BCUT2D eigenvalue weighted by Crippen LogP contribution is 2.34. The molecule has 4 rings (SSSR count). The Morgan fingerprint density at radius 1 is 1.05 bits per heavy atom. The largest absolute Gasteiger partial charge is 0.490 e. The average molecular weight is 519 g/mol. The van der Waals surface area contributed by atoms with Gasteiger partial charge in [-0.15, -0.1) is 0 Å². The van der Waals surface area contributed by atoms with Crippen molar-refractivity contribution in [1.82, 2.24) is 20.1 Å². The van der Waals surface area contributed by atoms with Crippen molar-refractivity contribution in [2.75, 3.05) is 13.1 Å². The molecular weight excluding hydrogens is 489 g/mol. The van der Waals surface area contributed by atoms with E-state index in [1.54, 1.807) is 10.9 Å². The monoisotopic (exact) mass is 518 g/mol. The number of carbonyl (C=O) groups is 2. The molecular formula is C26H29F3N4O4. The smallest absolute Gasteiger partial charge is 0.477 e. The minimum Gasteiger partial charge on any atom is -0.477 e. The van der Waals surface area contributed by atoms with Gasteiger partial charge in [0.15, 0.2) is 0 Å². The Kier molecular flexibility index (Phi) is 9.40. The van der Waals surface area contributed by atoms with Crippen molar-refractivity contribution < 1.29 is 33.0 Å². The number of aromatic carboxylic acids is 1. The number of rotatable bonds is 9. The number of aromatic nitrogens is 3. The predicted molar refractivity (Wildman–Crippen MR) is 131 cm³/mol. The zero-order chi connectivity index (χ0) is 27.0. The number of nitrogens with zero attached hydrogens (tertiary/aromatic N) is 3. The van der Waals surface area contributed by atoms with Crippen LogP contribution in [0.25, 0.3) is 11.3 Å². The van der Waals surface area contributed by atoms with Gasteiger partial charge in [-0.25, -0.2) is 9.59 Å². The molecule has 0 radical (unpaired) electrons. The van der Waals surface area contributed by atoms with Gasteiger partial charge < -0.3 is 15.5 Å². The van der Waals surface area contributed by atoms with E-state index in [4.69, 9.17) is 9.90 Å². The van der Waals surface area contributed by atoms with Crippen LogP contribution >= 0.6 is 0 Å². The van der Waals surface area contributed by atoms with Gasteiger partial charge in [-0.05, 0) is 68.0 Å². The first kappa shape index (κ1) is 27.9. The second kappa shape index (κ2) is 12.5. The highest BCUT2D eigenvalue weighted by molar-refractivity contribution is 5.90. The number of hydrogen-bond acceptors (Lipinski definition) is 5. The fraction of sp³-hybridized carbons (Fsp3) is 0.385. The lowest BCUT2D eigenvalue weighted by atomic mass is 9.90. The topological polar surface area (TPSA) is 117 Å². The van der Waals surface area contributed by atoms with Crippen molar-refractivity contribution in [2.45, 2.75) is 51.7 Å². The van der Waals surface area contributed by atoms with Crippen LogP contribution < -0.4 is 5.32 Å². The second-order valence-electron chi connectivity index (χ2n) is 8.56. The molecule has 11 heteroatoms. The van der Waals surface area contributed by atoms with Gasteiger partial charge in [0.1, 0.15) is 5.69 Å². The number of pyridine rings is 1. The number of fused-ring (bicyclic) bond motifs is 3. The summed E-state index contributed by atoms with van der Waals surface area (Å²) in [6, 6.07) is 10.7. The Bertz CT molecular complexity index is 1220. The van der Waals surface area contributed by atoms with E-state index in [0.717, 1.165) is 61.2 Å². The number of nitrogens with one attached hydrogen (secondary N) is 1. The van der Waals surface area contributed by atoms with E-state index in [1.807, 2.05) is 12.3 Å². The quantitative estimate of drug-likeness (QED) is 0.364. The zero-order valence-electron chi connectivity index (χ0n) is 20.4. The fourth-order valence-corrected chi connectivity index (χ4v) is 4.12. The molecule has 37 heavy (non-hydrogen) atoms. The molecule has 0 spiro atoms. The van der Waals surface area contributed by atoms with Crippen LogP contribution in [0.15, 0.2) is 42.7 Å². The van der Waals surface area contributed by atoms with E-state index >= 15 is 0 Å². The number of aliphatic carboxylic acids is 1. The molecule has 0 amide bonds. The molecule has 2 aromatic heterocycles. The SMILES string of the molecule is CCc1ccc(CCNCCCn2nc3c(c2C(=O)O)CCc2cnccc2-3)cc1.O=C(O)C(F)(F)F. The lowest BCUT2D eigenvalue weighted by Crippen LogP contribution is -2.21. The fourth-order valence-electron chi connectivity index (χ4n) is 4.12. The van der Waals surface area contributed by atoms with E-state index in [-0.39, 0.29) is 0 Å². The summed E-state index contributed by atoms with van der Waals surface area (Å²) < 4.78 is 33.4. The molecule has 0 saturated carbocycles. The third-order valence-corrected chi connectivity index (χ3v) is 6.04. The first-order valence-corrected chi connectivity index (χ1v) is 12.0. The third-order valence-electron chi connectivity index (χ3n) is 6.04. The molecule has 0 saturated heterocycles. The third kappa shape index (κ3) is 7.39. The molecule has 198 valence electrons. The molecule has 8 nitrogen and oxygen atoms in total. The van der Waals surface area contributed by atoms with Gasteiger partial charge >= 0.3 is 18.1 Å². The summed E-state index contributed by atoms with van der Waals surface area (Å²) in [6.45, 7) is 4.50. The normalized spacial score (nSPS) is 12.2. The summed E-state index contributed by atoms with van der Waals surface area (Å²) in [7, 11) is 0. The molecule has 3 N–H and O–H groups in total. The Morgan fingerprint density at radius 2 is 1.73 bits per heavy atom. The molecule has 1 aromatic carbocycles. The van der Waals surface area contributed by atoms with Crippen molar-refractivity contribution in [3.05, 3.63) is 70.7 Å². The molecule has 0 atom stereocenters. The summed E-state index contributed by atoms with van der Waals surface area (Å²) in [5.74, 6) is -3.66. The van der Waals surface area contributed by atoms with Crippen LogP contribution in [0, 0.1) is 0 Å². The Balaban J connectivity index is 0.000000479. The maximum atomic E-state index is 11.9. The highest BCUT2D eigenvalue weighted by atomic mass is 19.4. The van der Waals surface area contributed by atoms with Gasteiger partial charge in [-0.3, -0.25) is 9.67 Å². The predicted octanol–water partition coefficient (Wildman–Crippen LogP) is 4.16. The minimum atomic E-state index is -5.08. The van der Waals surface area contributed by atoms with Crippen molar-refractivity contribution >= 4 is 11.9 Å². The van der Waals surface area contributed by atoms with Crippen LogP contribution in [-0.2, 0) is 37.0 Å². The number of aryl methyl sites for hydroxylation is 3. The van der Waals surface area contributed by atoms with Crippen molar-refractivity contribution in [1.29, 1.82) is 0 Å². The van der Waals surface area contributed by atoms with Crippen molar-refractivity contribution in [3.63, 3.8) is 0 Å². The molecule has 0 unspecified atom stereocenters. The van der Waals surface area contributed by atoms with Gasteiger partial charge in [0.2, 0.25) is 0 Å². The lowest BCUT2D eigenvalue weighted by molar-refractivity contribution is -0.192. The van der Waals surface area contributed by atoms with Gasteiger partial charge in [0.05, 0.1) is 5.69 Å². The van der Waals surface area contributed by atoms with Gasteiger partial charge in [0.25, 0.3) is 0 Å². The lowest BCUT2D eigenvalue weighted by Gasteiger charge is -2.14. The van der Waals surface area contributed by atoms with Crippen LogP contribution in [0.5, 0.6) is 0 Å². The van der Waals surface area contributed by atoms with Gasteiger partial charge in [0, 0.05) is 30.1 Å². The van der Waals surface area contributed by atoms with E-state index < -0.39 is 18.1 Å². The van der Waals surface area contributed by atoms with Crippen LogP contribution in [0.1, 0.15) is 46.1 Å². The molecule has 2 heterocycles. The maximum absolute atomic E-state index is 11.9. The van der Waals surface area contributed by atoms with Crippen molar-refractivity contribution in [3.8, 4) is 11.3 Å². The number of alkyl halides is 3. The number of hydrogen-bond donors (Lipinski definition) is 3.